The van der Waals surface area contributed by atoms with Crippen LogP contribution in [0.15, 0.2) is 10.6 Å². The van der Waals surface area contributed by atoms with E-state index in [0.29, 0.717) is 6.54 Å². The maximum absolute atomic E-state index is 5.54. The highest BCUT2D eigenvalue weighted by Crippen LogP contribution is 2.15. The second-order valence-corrected chi connectivity index (χ2v) is 3.39. The maximum Gasteiger partial charge on any atom is 0.194 e. The lowest BCUT2D eigenvalue weighted by Crippen LogP contribution is -2.07. The zero-order valence-corrected chi connectivity index (χ0v) is 8.82. The average Bonchev–Trinajstić information content (AvgIpc) is 2.66. The molecule has 0 spiro atoms. The van der Waals surface area contributed by atoms with Gasteiger partial charge in [0.25, 0.3) is 0 Å². The number of hydrogen-bond donors (Lipinski definition) is 1. The quantitative estimate of drug-likeness (QED) is 0.700. The molecule has 4 heteroatoms. The summed E-state index contributed by atoms with van der Waals surface area (Å²) in [5, 5.41) is 0. The SMILES string of the molecule is COCCCc1ncc(C(C)CN)o1. The van der Waals surface area contributed by atoms with Crippen molar-refractivity contribution in [3.63, 3.8) is 0 Å². The lowest BCUT2D eigenvalue weighted by atomic mass is 10.1. The summed E-state index contributed by atoms with van der Waals surface area (Å²) in [5.74, 6) is 1.90. The van der Waals surface area contributed by atoms with Crippen LogP contribution in [0.5, 0.6) is 0 Å². The van der Waals surface area contributed by atoms with Gasteiger partial charge >= 0.3 is 0 Å². The number of nitrogens with zero attached hydrogens (tertiary/aromatic N) is 1. The molecule has 0 radical (unpaired) electrons. The van der Waals surface area contributed by atoms with Crippen LogP contribution in [-0.2, 0) is 11.2 Å². The van der Waals surface area contributed by atoms with Gasteiger partial charge in [-0.25, -0.2) is 4.98 Å². The first-order valence-electron chi connectivity index (χ1n) is 4.91. The minimum absolute atomic E-state index is 0.249. The Kier molecular flexibility index (Phi) is 4.62. The number of aromatic nitrogens is 1. The van der Waals surface area contributed by atoms with Gasteiger partial charge in [0.15, 0.2) is 5.89 Å². The minimum atomic E-state index is 0.249. The molecule has 0 amide bonds. The monoisotopic (exact) mass is 198 g/mol. The van der Waals surface area contributed by atoms with Gasteiger partial charge in [-0.3, -0.25) is 0 Å². The zero-order chi connectivity index (χ0) is 10.4. The van der Waals surface area contributed by atoms with E-state index in [9.17, 15) is 0 Å². The molecular formula is C10H18N2O2. The molecule has 0 bridgehead atoms. The third-order valence-corrected chi connectivity index (χ3v) is 2.15. The Morgan fingerprint density at radius 3 is 3.07 bits per heavy atom. The molecule has 2 N–H and O–H groups in total. The first-order valence-corrected chi connectivity index (χ1v) is 4.91. The van der Waals surface area contributed by atoms with E-state index in [1.165, 1.54) is 0 Å². The molecule has 1 heterocycles. The fraction of sp³-hybridized carbons (Fsp3) is 0.700. The fourth-order valence-corrected chi connectivity index (χ4v) is 1.15. The molecular weight excluding hydrogens is 180 g/mol. The van der Waals surface area contributed by atoms with Crippen molar-refractivity contribution in [3.05, 3.63) is 17.8 Å². The van der Waals surface area contributed by atoms with Gasteiger partial charge in [-0.2, -0.15) is 0 Å². The van der Waals surface area contributed by atoms with Crippen molar-refractivity contribution in [1.82, 2.24) is 4.98 Å². The highest BCUT2D eigenvalue weighted by Gasteiger charge is 2.09. The van der Waals surface area contributed by atoms with Gasteiger partial charge in [-0.05, 0) is 6.42 Å². The average molecular weight is 198 g/mol. The number of oxazole rings is 1. The lowest BCUT2D eigenvalue weighted by Gasteiger charge is -2.01. The molecule has 14 heavy (non-hydrogen) atoms. The van der Waals surface area contributed by atoms with E-state index in [-0.39, 0.29) is 5.92 Å². The molecule has 1 unspecified atom stereocenters. The zero-order valence-electron chi connectivity index (χ0n) is 8.82. The third-order valence-electron chi connectivity index (χ3n) is 2.15. The van der Waals surface area contributed by atoms with Gasteiger partial charge in [0.2, 0.25) is 0 Å². The molecule has 0 aliphatic carbocycles. The number of aryl methyl sites for hydroxylation is 1. The molecule has 1 atom stereocenters. The molecule has 0 aliphatic rings. The molecule has 1 aromatic rings. The van der Waals surface area contributed by atoms with Crippen LogP contribution in [0, 0.1) is 0 Å². The Balaban J connectivity index is 2.42. The van der Waals surface area contributed by atoms with Crippen molar-refractivity contribution in [1.29, 1.82) is 0 Å². The van der Waals surface area contributed by atoms with Crippen molar-refractivity contribution in [2.45, 2.75) is 25.7 Å². The molecule has 0 saturated carbocycles. The number of hydrogen-bond acceptors (Lipinski definition) is 4. The molecule has 1 rings (SSSR count). The van der Waals surface area contributed by atoms with E-state index >= 15 is 0 Å². The smallest absolute Gasteiger partial charge is 0.194 e. The summed E-state index contributed by atoms with van der Waals surface area (Å²) < 4.78 is 10.5. The topological polar surface area (TPSA) is 61.3 Å². The Morgan fingerprint density at radius 2 is 2.43 bits per heavy atom. The Bertz CT molecular complexity index is 260. The highest BCUT2D eigenvalue weighted by molar-refractivity contribution is 5.00. The predicted octanol–water partition coefficient (Wildman–Crippen LogP) is 1.32. The summed E-state index contributed by atoms with van der Waals surface area (Å²) in [5.41, 5.74) is 5.53. The van der Waals surface area contributed by atoms with Gasteiger partial charge in [0.05, 0.1) is 6.20 Å². The van der Waals surface area contributed by atoms with E-state index in [2.05, 4.69) is 4.98 Å². The summed E-state index contributed by atoms with van der Waals surface area (Å²) in [6.07, 6.45) is 3.53. The Hall–Kier alpha value is -0.870. The highest BCUT2D eigenvalue weighted by atomic mass is 16.5. The summed E-state index contributed by atoms with van der Waals surface area (Å²) in [6.45, 7) is 3.36. The first-order chi connectivity index (χ1) is 6.77. The van der Waals surface area contributed by atoms with Crippen LogP contribution < -0.4 is 5.73 Å². The third kappa shape index (κ3) is 3.12. The molecule has 0 aliphatic heterocycles. The second kappa shape index (κ2) is 5.78. The Morgan fingerprint density at radius 1 is 1.64 bits per heavy atom. The summed E-state index contributed by atoms with van der Waals surface area (Å²) in [7, 11) is 1.69. The van der Waals surface area contributed by atoms with Crippen LogP contribution in [0.3, 0.4) is 0 Å². The number of nitrogens with two attached hydrogens (primary N) is 1. The van der Waals surface area contributed by atoms with E-state index in [1.807, 2.05) is 6.92 Å². The maximum atomic E-state index is 5.54. The van der Waals surface area contributed by atoms with E-state index in [1.54, 1.807) is 13.3 Å². The number of ether oxygens (including phenoxy) is 1. The van der Waals surface area contributed by atoms with E-state index in [0.717, 1.165) is 31.1 Å². The van der Waals surface area contributed by atoms with Gasteiger partial charge in [-0.15, -0.1) is 0 Å². The van der Waals surface area contributed by atoms with Crippen molar-refractivity contribution >= 4 is 0 Å². The predicted molar refractivity (Wildman–Crippen MR) is 54.2 cm³/mol. The van der Waals surface area contributed by atoms with Crippen LogP contribution in [0.2, 0.25) is 0 Å². The first kappa shape index (κ1) is 11.2. The van der Waals surface area contributed by atoms with Gasteiger partial charge in [0, 0.05) is 32.6 Å². The van der Waals surface area contributed by atoms with Crippen molar-refractivity contribution < 1.29 is 9.15 Å². The van der Waals surface area contributed by atoms with Gasteiger partial charge in [0.1, 0.15) is 5.76 Å². The fourth-order valence-electron chi connectivity index (χ4n) is 1.15. The standard InChI is InChI=1S/C10H18N2O2/c1-8(6-11)9-7-12-10(14-9)4-3-5-13-2/h7-8H,3-6,11H2,1-2H3. The van der Waals surface area contributed by atoms with Gasteiger partial charge < -0.3 is 14.9 Å². The van der Waals surface area contributed by atoms with Crippen LogP contribution in [0.4, 0.5) is 0 Å². The Labute approximate surface area is 84.5 Å². The molecule has 0 saturated heterocycles. The normalized spacial score (nSPS) is 13.1. The lowest BCUT2D eigenvalue weighted by molar-refractivity contribution is 0.192. The number of rotatable bonds is 6. The van der Waals surface area contributed by atoms with Crippen LogP contribution >= 0.6 is 0 Å². The summed E-state index contributed by atoms with van der Waals surface area (Å²) in [4.78, 5) is 4.18. The largest absolute Gasteiger partial charge is 0.445 e. The summed E-state index contributed by atoms with van der Waals surface area (Å²) >= 11 is 0. The molecule has 1 aromatic heterocycles. The van der Waals surface area contributed by atoms with Crippen LogP contribution in [0.1, 0.15) is 30.9 Å². The molecule has 80 valence electrons. The van der Waals surface area contributed by atoms with Crippen molar-refractivity contribution in [2.75, 3.05) is 20.3 Å². The molecule has 4 nitrogen and oxygen atoms in total. The number of methoxy groups -OCH3 is 1. The van der Waals surface area contributed by atoms with E-state index in [4.69, 9.17) is 14.9 Å². The van der Waals surface area contributed by atoms with Crippen LogP contribution in [-0.4, -0.2) is 25.2 Å². The van der Waals surface area contributed by atoms with Crippen LogP contribution in [0.25, 0.3) is 0 Å². The van der Waals surface area contributed by atoms with E-state index < -0.39 is 0 Å². The minimum Gasteiger partial charge on any atom is -0.445 e. The van der Waals surface area contributed by atoms with Gasteiger partial charge in [-0.1, -0.05) is 6.92 Å². The van der Waals surface area contributed by atoms with Crippen molar-refractivity contribution in [3.8, 4) is 0 Å². The molecule has 0 fully saturated rings. The summed E-state index contributed by atoms with van der Waals surface area (Å²) in [6, 6.07) is 0. The second-order valence-electron chi connectivity index (χ2n) is 3.39. The molecule has 0 aromatic carbocycles. The van der Waals surface area contributed by atoms with Crippen molar-refractivity contribution in [2.24, 2.45) is 5.73 Å².